The molecule has 0 saturated carbocycles. The Balaban J connectivity index is 1.46. The van der Waals surface area contributed by atoms with E-state index in [1.54, 1.807) is 24.3 Å². The van der Waals surface area contributed by atoms with Gasteiger partial charge in [-0.05, 0) is 66.3 Å². The number of halogens is 5. The molecule has 0 atom stereocenters. The van der Waals surface area contributed by atoms with Gasteiger partial charge in [0.1, 0.15) is 29.0 Å². The van der Waals surface area contributed by atoms with E-state index in [4.69, 9.17) is 16.3 Å². The molecule has 35 heavy (non-hydrogen) atoms. The Bertz CT molecular complexity index is 1330. The van der Waals surface area contributed by atoms with Gasteiger partial charge in [-0.3, -0.25) is 0 Å². The highest BCUT2D eigenvalue weighted by Gasteiger charge is 2.13. The molecule has 4 aromatic carbocycles. The van der Waals surface area contributed by atoms with Crippen LogP contribution in [-0.4, -0.2) is 6.61 Å². The normalized spacial score (nSPS) is 11.3. The molecule has 0 N–H and O–H groups in total. The lowest BCUT2D eigenvalue weighted by Crippen LogP contribution is -2.02. The molecule has 0 aliphatic carbocycles. The van der Waals surface area contributed by atoms with Crippen LogP contribution in [0.5, 0.6) is 5.75 Å². The summed E-state index contributed by atoms with van der Waals surface area (Å²) >= 11 is 5.72. The highest BCUT2D eigenvalue weighted by Crippen LogP contribution is 2.26. The second kappa shape index (κ2) is 11.1. The van der Waals surface area contributed by atoms with E-state index in [9.17, 15) is 13.2 Å². The number of fused-ring (bicyclic) bond motifs is 1. The fourth-order valence-electron chi connectivity index (χ4n) is 4.10. The molecule has 0 spiro atoms. The molecular formula is C29H25ClF4O. The molecule has 0 amide bonds. The van der Waals surface area contributed by atoms with Gasteiger partial charge in [-0.2, -0.15) is 0 Å². The summed E-state index contributed by atoms with van der Waals surface area (Å²) in [6, 6.07) is 15.9. The first-order chi connectivity index (χ1) is 16.9. The van der Waals surface area contributed by atoms with Crippen molar-refractivity contribution in [1.82, 2.24) is 0 Å². The zero-order chi connectivity index (χ0) is 24.9. The van der Waals surface area contributed by atoms with Crippen molar-refractivity contribution in [3.8, 4) is 5.75 Å². The van der Waals surface area contributed by atoms with Gasteiger partial charge in [0.25, 0.3) is 0 Å². The van der Waals surface area contributed by atoms with Crippen LogP contribution in [0.25, 0.3) is 10.8 Å². The number of hydrogen-bond donors (Lipinski definition) is 0. The summed E-state index contributed by atoms with van der Waals surface area (Å²) in [5.74, 6) is -1.88. The second-order valence-electron chi connectivity index (χ2n) is 8.56. The van der Waals surface area contributed by atoms with Gasteiger partial charge >= 0.3 is 0 Å². The van der Waals surface area contributed by atoms with Crippen molar-refractivity contribution in [3.63, 3.8) is 0 Å². The Hall–Kier alpha value is -3.05. The third-order valence-corrected chi connectivity index (χ3v) is 6.32. The van der Waals surface area contributed by atoms with E-state index >= 15 is 4.39 Å². The van der Waals surface area contributed by atoms with Crippen LogP contribution in [0.1, 0.15) is 35.6 Å². The summed E-state index contributed by atoms with van der Waals surface area (Å²) in [5.41, 5.74) is 2.14. The molecular weight excluding hydrogens is 476 g/mol. The van der Waals surface area contributed by atoms with Crippen LogP contribution < -0.4 is 4.74 Å². The summed E-state index contributed by atoms with van der Waals surface area (Å²) < 4.78 is 63.0. The van der Waals surface area contributed by atoms with Crippen molar-refractivity contribution in [2.75, 3.05) is 6.61 Å². The van der Waals surface area contributed by atoms with Crippen molar-refractivity contribution in [2.24, 2.45) is 0 Å². The summed E-state index contributed by atoms with van der Waals surface area (Å²) in [4.78, 5) is 0. The van der Waals surface area contributed by atoms with Crippen LogP contribution >= 0.6 is 11.6 Å². The van der Waals surface area contributed by atoms with E-state index < -0.39 is 17.5 Å². The zero-order valence-corrected chi connectivity index (χ0v) is 20.1. The van der Waals surface area contributed by atoms with Crippen molar-refractivity contribution in [2.45, 2.75) is 39.0 Å². The topological polar surface area (TPSA) is 9.23 Å². The van der Waals surface area contributed by atoms with Gasteiger partial charge in [0.15, 0.2) is 0 Å². The summed E-state index contributed by atoms with van der Waals surface area (Å²) in [7, 11) is 0. The van der Waals surface area contributed by atoms with E-state index in [0.29, 0.717) is 42.2 Å². The molecule has 0 radical (unpaired) electrons. The minimum atomic E-state index is -0.631. The van der Waals surface area contributed by atoms with Crippen LogP contribution in [-0.2, 0) is 25.7 Å². The lowest BCUT2D eigenvalue weighted by atomic mass is 9.97. The number of rotatable bonds is 9. The minimum absolute atomic E-state index is 0.00844. The maximum Gasteiger partial charge on any atom is 0.142 e. The minimum Gasteiger partial charge on any atom is -0.493 e. The van der Waals surface area contributed by atoms with E-state index in [2.05, 4.69) is 0 Å². The molecule has 0 heterocycles. The van der Waals surface area contributed by atoms with Crippen LogP contribution in [0.15, 0.2) is 60.7 Å². The predicted octanol–water partition coefficient (Wildman–Crippen LogP) is 8.41. The molecule has 0 aliphatic heterocycles. The molecule has 0 saturated heterocycles. The first kappa shape index (κ1) is 25.1. The second-order valence-corrected chi connectivity index (χ2v) is 8.96. The third-order valence-electron chi connectivity index (χ3n) is 6.02. The average molecular weight is 501 g/mol. The first-order valence-electron chi connectivity index (χ1n) is 11.6. The van der Waals surface area contributed by atoms with Gasteiger partial charge in [0, 0.05) is 23.1 Å². The van der Waals surface area contributed by atoms with Crippen molar-refractivity contribution >= 4 is 22.4 Å². The first-order valence-corrected chi connectivity index (χ1v) is 12.0. The van der Waals surface area contributed by atoms with Gasteiger partial charge in [0.05, 0.1) is 11.6 Å². The van der Waals surface area contributed by atoms with E-state index in [0.717, 1.165) is 17.5 Å². The van der Waals surface area contributed by atoms with Gasteiger partial charge in [-0.1, -0.05) is 54.9 Å². The molecule has 0 unspecified atom stereocenters. The molecule has 0 aliphatic rings. The van der Waals surface area contributed by atoms with Gasteiger partial charge < -0.3 is 4.74 Å². The maximum atomic E-state index is 15.1. The fourth-order valence-corrected chi connectivity index (χ4v) is 4.22. The number of benzene rings is 4. The molecule has 4 aromatic rings. The maximum absolute atomic E-state index is 15.1. The number of ether oxygens (including phenoxy) is 1. The molecule has 0 bridgehead atoms. The molecule has 0 aromatic heterocycles. The summed E-state index contributed by atoms with van der Waals surface area (Å²) in [6.45, 7) is 2.31. The SMILES string of the molecule is CCCOc1cc(F)c(CCc2ccc3c(F)c(CCc4ccc(Cl)c(F)c4)ccc3c2)c(F)c1. The lowest BCUT2D eigenvalue weighted by Gasteiger charge is -2.11. The Morgan fingerprint density at radius 3 is 2.11 bits per heavy atom. The fraction of sp³-hybridized carbons (Fsp3) is 0.241. The third kappa shape index (κ3) is 5.96. The quantitative estimate of drug-likeness (QED) is 0.210. The molecule has 1 nitrogen and oxygen atoms in total. The monoisotopic (exact) mass is 500 g/mol. The van der Waals surface area contributed by atoms with Crippen LogP contribution in [0.2, 0.25) is 5.02 Å². The number of aryl methyl sites for hydroxylation is 3. The Kier molecular flexibility index (Phi) is 7.97. The Morgan fingerprint density at radius 1 is 0.714 bits per heavy atom. The largest absolute Gasteiger partial charge is 0.493 e. The lowest BCUT2D eigenvalue weighted by molar-refractivity contribution is 0.313. The van der Waals surface area contributed by atoms with Crippen LogP contribution in [0.3, 0.4) is 0 Å². The summed E-state index contributed by atoms with van der Waals surface area (Å²) in [6.07, 6.45) is 2.23. The van der Waals surface area contributed by atoms with Gasteiger partial charge in [-0.25, -0.2) is 17.6 Å². The summed E-state index contributed by atoms with van der Waals surface area (Å²) in [5, 5.41) is 1.25. The van der Waals surface area contributed by atoms with E-state index in [1.165, 1.54) is 24.3 Å². The van der Waals surface area contributed by atoms with Crippen LogP contribution in [0, 0.1) is 23.3 Å². The molecule has 182 valence electrons. The predicted molar refractivity (Wildman–Crippen MR) is 132 cm³/mol. The van der Waals surface area contributed by atoms with Crippen molar-refractivity contribution < 1.29 is 22.3 Å². The smallest absolute Gasteiger partial charge is 0.142 e. The zero-order valence-electron chi connectivity index (χ0n) is 19.3. The van der Waals surface area contributed by atoms with Crippen molar-refractivity contribution in [1.29, 1.82) is 0 Å². The van der Waals surface area contributed by atoms with Gasteiger partial charge in [-0.15, -0.1) is 0 Å². The highest BCUT2D eigenvalue weighted by molar-refractivity contribution is 6.30. The van der Waals surface area contributed by atoms with E-state index in [1.807, 2.05) is 19.1 Å². The highest BCUT2D eigenvalue weighted by atomic mass is 35.5. The Morgan fingerprint density at radius 2 is 1.40 bits per heavy atom. The standard InChI is InChI=1S/C29H25ClF4O/c1-2-13-35-22-16-26(31)24(27(32)17-22)11-5-18-4-10-23-21(14-18)9-8-20(29(23)34)7-3-19-6-12-25(30)28(33)15-19/h4,6,8-10,12,14-17H,2-3,5,7,11,13H2,1H3. The average Bonchev–Trinajstić information content (AvgIpc) is 2.84. The van der Waals surface area contributed by atoms with E-state index in [-0.39, 0.29) is 28.6 Å². The van der Waals surface area contributed by atoms with Crippen molar-refractivity contribution in [3.05, 3.63) is 111 Å². The molecule has 4 rings (SSSR count). The molecule has 6 heteroatoms. The van der Waals surface area contributed by atoms with Gasteiger partial charge in [0.2, 0.25) is 0 Å². The Labute approximate surface area is 207 Å². The number of hydrogen-bond acceptors (Lipinski definition) is 1. The molecule has 0 fully saturated rings. The van der Waals surface area contributed by atoms with Crippen LogP contribution in [0.4, 0.5) is 17.6 Å².